The molecule has 0 unspecified atom stereocenters. The lowest BCUT2D eigenvalue weighted by molar-refractivity contribution is 0.102. The van der Waals surface area contributed by atoms with Gasteiger partial charge in [-0.1, -0.05) is 13.3 Å². The molecule has 9 nitrogen and oxygen atoms in total. The van der Waals surface area contributed by atoms with Crippen LogP contribution >= 0.6 is 0 Å². The average Bonchev–Trinajstić information content (AvgIpc) is 3.53. The molecular weight excluding hydrogens is 442 g/mol. The lowest BCUT2D eigenvalue weighted by atomic mass is 10.1. The standard InChI is InChI=1S/C26H31N7O2/c1-3-4-14-33-25-22(16(2)29-33)18(15-20(27-25)17-8-9-17)26(34)28-19-10-11-21(24-23(19)30-35-31-24)32-12-6-5-7-13-32/h10-11,15,17H,3-9,12-14H2,1-2H3,(H,28,34). The van der Waals surface area contributed by atoms with Crippen LogP contribution in [0.25, 0.3) is 22.1 Å². The molecule has 1 amide bonds. The SMILES string of the molecule is CCCCn1nc(C)c2c(C(=O)Nc3ccc(N4CCCCC4)c4nonc34)cc(C3CC3)nc21. The molecule has 6 rings (SSSR count). The first kappa shape index (κ1) is 22.0. The van der Waals surface area contributed by atoms with Gasteiger partial charge < -0.3 is 10.2 Å². The summed E-state index contributed by atoms with van der Waals surface area (Å²) in [6, 6.07) is 5.87. The molecule has 1 aliphatic carbocycles. The van der Waals surface area contributed by atoms with Gasteiger partial charge in [-0.2, -0.15) is 5.10 Å². The fourth-order valence-electron chi connectivity index (χ4n) is 5.14. The molecule has 35 heavy (non-hydrogen) atoms. The number of carbonyl (C=O) groups is 1. The molecule has 4 heterocycles. The third-order valence-corrected chi connectivity index (χ3v) is 7.20. The van der Waals surface area contributed by atoms with Crippen LogP contribution in [0.5, 0.6) is 0 Å². The largest absolute Gasteiger partial charge is 0.370 e. The van der Waals surface area contributed by atoms with Crippen LogP contribution in [-0.4, -0.2) is 44.1 Å². The zero-order valence-electron chi connectivity index (χ0n) is 20.4. The van der Waals surface area contributed by atoms with Crippen LogP contribution in [0.3, 0.4) is 0 Å². The molecule has 0 radical (unpaired) electrons. The van der Waals surface area contributed by atoms with E-state index in [1.165, 1.54) is 6.42 Å². The monoisotopic (exact) mass is 473 g/mol. The number of hydrogen-bond donors (Lipinski definition) is 1. The summed E-state index contributed by atoms with van der Waals surface area (Å²) in [5, 5.41) is 17.0. The highest BCUT2D eigenvalue weighted by Crippen LogP contribution is 2.41. The van der Waals surface area contributed by atoms with Crippen LogP contribution in [0.15, 0.2) is 22.8 Å². The molecule has 2 aliphatic rings. The summed E-state index contributed by atoms with van der Waals surface area (Å²) < 4.78 is 7.07. The maximum Gasteiger partial charge on any atom is 0.256 e. The molecule has 4 aromatic rings. The normalized spacial score (nSPS) is 16.3. The Hall–Kier alpha value is -3.49. The van der Waals surface area contributed by atoms with Crippen molar-refractivity contribution in [3.05, 3.63) is 35.2 Å². The van der Waals surface area contributed by atoms with Crippen LogP contribution in [0, 0.1) is 6.92 Å². The zero-order valence-corrected chi connectivity index (χ0v) is 20.4. The number of amides is 1. The van der Waals surface area contributed by atoms with Crippen molar-refractivity contribution in [1.29, 1.82) is 0 Å². The Morgan fingerprint density at radius 1 is 1.14 bits per heavy atom. The van der Waals surface area contributed by atoms with Crippen LogP contribution in [0.2, 0.25) is 0 Å². The van der Waals surface area contributed by atoms with E-state index in [1.807, 2.05) is 29.8 Å². The molecule has 0 bridgehead atoms. The summed E-state index contributed by atoms with van der Waals surface area (Å²) in [7, 11) is 0. The molecule has 9 heteroatoms. The van der Waals surface area contributed by atoms with E-state index >= 15 is 0 Å². The summed E-state index contributed by atoms with van der Waals surface area (Å²) in [5.74, 6) is 0.239. The molecule has 1 saturated heterocycles. The van der Waals surface area contributed by atoms with Crippen molar-refractivity contribution in [2.24, 2.45) is 0 Å². The molecule has 1 N–H and O–H groups in total. The number of benzene rings is 1. The molecule has 0 atom stereocenters. The van der Waals surface area contributed by atoms with E-state index < -0.39 is 0 Å². The van der Waals surface area contributed by atoms with Gasteiger partial charge in [-0.15, -0.1) is 0 Å². The van der Waals surface area contributed by atoms with Crippen molar-refractivity contribution in [3.8, 4) is 0 Å². The number of fused-ring (bicyclic) bond motifs is 2. The third-order valence-electron chi connectivity index (χ3n) is 7.20. The van der Waals surface area contributed by atoms with Crippen molar-refractivity contribution < 1.29 is 9.42 Å². The number of carbonyl (C=O) groups excluding carboxylic acids is 1. The van der Waals surface area contributed by atoms with Gasteiger partial charge >= 0.3 is 0 Å². The van der Waals surface area contributed by atoms with Gasteiger partial charge in [0, 0.05) is 31.2 Å². The summed E-state index contributed by atoms with van der Waals surface area (Å²) in [6.45, 7) is 6.90. The van der Waals surface area contributed by atoms with E-state index in [-0.39, 0.29) is 5.91 Å². The zero-order chi connectivity index (χ0) is 23.9. The molecule has 182 valence electrons. The summed E-state index contributed by atoms with van der Waals surface area (Å²) in [5.41, 5.74) is 6.09. The first-order chi connectivity index (χ1) is 17.1. The lowest BCUT2D eigenvalue weighted by Crippen LogP contribution is -2.29. The van der Waals surface area contributed by atoms with Crippen molar-refractivity contribution in [1.82, 2.24) is 25.1 Å². The number of rotatable bonds is 7. The van der Waals surface area contributed by atoms with Crippen molar-refractivity contribution in [2.75, 3.05) is 23.3 Å². The molecular formula is C26H31N7O2. The number of piperidine rings is 1. The second-order valence-corrected chi connectivity index (χ2v) is 9.83. The fourth-order valence-corrected chi connectivity index (χ4v) is 5.14. The molecule has 0 spiro atoms. The maximum absolute atomic E-state index is 13.7. The summed E-state index contributed by atoms with van der Waals surface area (Å²) >= 11 is 0. The van der Waals surface area contributed by atoms with E-state index in [1.54, 1.807) is 0 Å². The number of pyridine rings is 1. The maximum atomic E-state index is 13.7. The van der Waals surface area contributed by atoms with E-state index in [0.717, 1.165) is 86.3 Å². The Balaban J connectivity index is 1.38. The van der Waals surface area contributed by atoms with E-state index in [2.05, 4.69) is 27.5 Å². The summed E-state index contributed by atoms with van der Waals surface area (Å²) in [4.78, 5) is 21.0. The minimum Gasteiger partial charge on any atom is -0.370 e. The fraction of sp³-hybridized carbons (Fsp3) is 0.500. The quantitative estimate of drug-likeness (QED) is 0.394. The number of aryl methyl sites for hydroxylation is 2. The van der Waals surface area contributed by atoms with Gasteiger partial charge in [0.2, 0.25) is 0 Å². The highest BCUT2D eigenvalue weighted by Gasteiger charge is 2.29. The first-order valence-electron chi connectivity index (χ1n) is 12.8. The molecule has 1 aliphatic heterocycles. The number of unbranched alkanes of at least 4 members (excludes halogenated alkanes) is 1. The van der Waals surface area contributed by atoms with Gasteiger partial charge in [0.05, 0.1) is 28.0 Å². The number of nitrogens with one attached hydrogen (secondary N) is 1. The van der Waals surface area contributed by atoms with Gasteiger partial charge in [0.1, 0.15) is 0 Å². The lowest BCUT2D eigenvalue weighted by Gasteiger charge is -2.28. The van der Waals surface area contributed by atoms with Crippen molar-refractivity contribution in [3.63, 3.8) is 0 Å². The van der Waals surface area contributed by atoms with Gasteiger partial charge in [0.15, 0.2) is 16.7 Å². The van der Waals surface area contributed by atoms with Gasteiger partial charge in [-0.25, -0.2) is 14.3 Å². The van der Waals surface area contributed by atoms with E-state index in [9.17, 15) is 4.79 Å². The van der Waals surface area contributed by atoms with Crippen molar-refractivity contribution >= 4 is 39.3 Å². The average molecular weight is 474 g/mol. The van der Waals surface area contributed by atoms with E-state index in [4.69, 9.17) is 14.7 Å². The van der Waals surface area contributed by atoms with Crippen LogP contribution in [0.1, 0.15) is 79.5 Å². The topological polar surface area (TPSA) is 102 Å². The Morgan fingerprint density at radius 2 is 1.94 bits per heavy atom. The smallest absolute Gasteiger partial charge is 0.256 e. The molecule has 2 fully saturated rings. The van der Waals surface area contributed by atoms with Crippen LogP contribution in [0.4, 0.5) is 11.4 Å². The van der Waals surface area contributed by atoms with E-state index in [0.29, 0.717) is 28.2 Å². The molecule has 1 saturated carbocycles. The highest BCUT2D eigenvalue weighted by atomic mass is 16.6. The minimum atomic E-state index is -0.188. The number of hydrogen-bond acceptors (Lipinski definition) is 7. The predicted octanol–water partition coefficient (Wildman–Crippen LogP) is 5.20. The summed E-state index contributed by atoms with van der Waals surface area (Å²) in [6.07, 6.45) is 7.91. The van der Waals surface area contributed by atoms with Gasteiger partial charge in [-0.05, 0) is 74.0 Å². The Kier molecular flexibility index (Phi) is 5.62. The number of nitrogens with zero attached hydrogens (tertiary/aromatic N) is 6. The third kappa shape index (κ3) is 4.02. The molecule has 3 aromatic heterocycles. The Labute approximate surface area is 203 Å². The Bertz CT molecular complexity index is 1400. The minimum absolute atomic E-state index is 0.188. The predicted molar refractivity (Wildman–Crippen MR) is 135 cm³/mol. The number of aromatic nitrogens is 5. The van der Waals surface area contributed by atoms with Gasteiger partial charge in [0.25, 0.3) is 5.91 Å². The second kappa shape index (κ2) is 8.94. The van der Waals surface area contributed by atoms with Crippen LogP contribution in [-0.2, 0) is 6.54 Å². The van der Waals surface area contributed by atoms with Crippen molar-refractivity contribution in [2.45, 2.75) is 71.3 Å². The number of anilines is 2. The molecule has 1 aromatic carbocycles. The first-order valence-corrected chi connectivity index (χ1v) is 12.8. The highest BCUT2D eigenvalue weighted by molar-refractivity contribution is 6.15. The van der Waals surface area contributed by atoms with Crippen LogP contribution < -0.4 is 10.2 Å². The van der Waals surface area contributed by atoms with Gasteiger partial charge in [-0.3, -0.25) is 4.79 Å². The second-order valence-electron chi connectivity index (χ2n) is 9.83. The Morgan fingerprint density at radius 3 is 2.71 bits per heavy atom.